The van der Waals surface area contributed by atoms with Crippen LogP contribution in [-0.2, 0) is 42.9 Å². The molecule has 0 radical (unpaired) electrons. The zero-order valence-corrected chi connectivity index (χ0v) is 34.8. The van der Waals surface area contributed by atoms with Crippen molar-refractivity contribution >= 4 is 23.4 Å². The summed E-state index contributed by atoms with van der Waals surface area (Å²) in [6.07, 6.45) is 10.5. The molecule has 1 amide bonds. The highest BCUT2D eigenvalue weighted by atomic mass is 16.7. The summed E-state index contributed by atoms with van der Waals surface area (Å²) >= 11 is 0. The number of Topliss-reactive ketones (excluding diaryl/α,β-unsaturated/α-hetero) is 1. The Morgan fingerprint density at radius 3 is 2.32 bits per heavy atom. The van der Waals surface area contributed by atoms with E-state index in [9.17, 15) is 29.4 Å². The summed E-state index contributed by atoms with van der Waals surface area (Å²) in [5, 5.41) is 22.4. The first-order valence-corrected chi connectivity index (χ1v) is 20.5. The number of cyclic esters (lactones) is 1. The number of carbonyl (C=O) groups is 4. The minimum Gasteiger partial charge on any atom is -0.456 e. The van der Waals surface area contributed by atoms with Crippen LogP contribution in [0.1, 0.15) is 98.8 Å². The van der Waals surface area contributed by atoms with Crippen molar-refractivity contribution in [2.45, 2.75) is 147 Å². The SMILES string of the molecule is C=CCC1C=C(C)CC(C)CC(OC)C2OC(O)(C(=O)C(=O)N3CCCCC3C(=O)OC(C(C)=CC3CCC(O)C(OC)C3)C(C)C=CC1=O)C(C)CC2OC. The van der Waals surface area contributed by atoms with E-state index in [1.807, 2.05) is 26.8 Å². The molecule has 13 unspecified atom stereocenters. The molecule has 4 rings (SSSR count). The lowest BCUT2D eigenvalue weighted by Crippen LogP contribution is -2.64. The highest BCUT2D eigenvalue weighted by Gasteiger charge is 2.56. The average molecular weight is 786 g/mol. The molecule has 13 atom stereocenters. The fraction of sp³-hybridized carbons (Fsp3) is 0.727. The number of nitrogens with zero attached hydrogens (tertiary/aromatic N) is 1. The van der Waals surface area contributed by atoms with Crippen molar-refractivity contribution in [2.75, 3.05) is 27.9 Å². The fourth-order valence-corrected chi connectivity index (χ4v) is 9.12. The lowest BCUT2D eigenvalue weighted by molar-refractivity contribution is -0.302. The first-order chi connectivity index (χ1) is 26.6. The maximum atomic E-state index is 14.3. The lowest BCUT2D eigenvalue weighted by atomic mass is 9.82. The summed E-state index contributed by atoms with van der Waals surface area (Å²) in [6.45, 7) is 13.5. The molecular formula is C44H67NO11. The van der Waals surface area contributed by atoms with Crippen LogP contribution in [0.5, 0.6) is 0 Å². The third kappa shape index (κ3) is 10.9. The van der Waals surface area contributed by atoms with Gasteiger partial charge in [0, 0.05) is 45.6 Å². The highest BCUT2D eigenvalue weighted by Crippen LogP contribution is 2.39. The first-order valence-electron chi connectivity index (χ1n) is 20.5. The van der Waals surface area contributed by atoms with Gasteiger partial charge in [-0.1, -0.05) is 50.6 Å². The van der Waals surface area contributed by atoms with Crippen LogP contribution >= 0.6 is 0 Å². The monoisotopic (exact) mass is 785 g/mol. The number of piperidine rings is 1. The van der Waals surface area contributed by atoms with E-state index in [2.05, 4.69) is 19.6 Å². The van der Waals surface area contributed by atoms with Crippen LogP contribution < -0.4 is 0 Å². The van der Waals surface area contributed by atoms with Gasteiger partial charge in [-0.25, -0.2) is 4.79 Å². The van der Waals surface area contributed by atoms with E-state index in [4.69, 9.17) is 23.7 Å². The maximum Gasteiger partial charge on any atom is 0.329 e. The van der Waals surface area contributed by atoms with E-state index in [0.717, 1.165) is 17.6 Å². The smallest absolute Gasteiger partial charge is 0.329 e. The summed E-state index contributed by atoms with van der Waals surface area (Å²) in [5.41, 5.74) is 1.77. The van der Waals surface area contributed by atoms with Gasteiger partial charge in [-0.05, 0) is 102 Å². The number of ether oxygens (including phenoxy) is 5. The summed E-state index contributed by atoms with van der Waals surface area (Å²) in [6, 6.07) is -1.08. The van der Waals surface area contributed by atoms with Gasteiger partial charge >= 0.3 is 5.97 Å². The molecule has 2 saturated heterocycles. The lowest BCUT2D eigenvalue weighted by Gasteiger charge is -2.47. The second kappa shape index (κ2) is 20.6. The molecule has 56 heavy (non-hydrogen) atoms. The summed E-state index contributed by atoms with van der Waals surface area (Å²) in [5.74, 6) is -7.00. The van der Waals surface area contributed by atoms with Crippen LogP contribution in [0.25, 0.3) is 0 Å². The number of esters is 1. The number of hydrogen-bond donors (Lipinski definition) is 2. The molecule has 0 spiro atoms. The number of hydrogen-bond acceptors (Lipinski definition) is 11. The average Bonchev–Trinajstić information content (AvgIpc) is 3.18. The Kier molecular flexibility index (Phi) is 16.8. The molecule has 1 aliphatic carbocycles. The fourth-order valence-electron chi connectivity index (χ4n) is 9.12. The summed E-state index contributed by atoms with van der Waals surface area (Å²) in [7, 11) is 4.66. The van der Waals surface area contributed by atoms with Crippen LogP contribution in [0, 0.1) is 29.6 Å². The largest absolute Gasteiger partial charge is 0.456 e. The van der Waals surface area contributed by atoms with Gasteiger partial charge in [0.25, 0.3) is 11.7 Å². The molecule has 3 fully saturated rings. The van der Waals surface area contributed by atoms with Crippen molar-refractivity contribution in [3.8, 4) is 0 Å². The van der Waals surface area contributed by atoms with Crippen LogP contribution in [0.4, 0.5) is 0 Å². The highest BCUT2D eigenvalue weighted by molar-refractivity contribution is 6.39. The number of rotatable bonds is 7. The summed E-state index contributed by atoms with van der Waals surface area (Å²) < 4.78 is 29.8. The van der Waals surface area contributed by atoms with Gasteiger partial charge in [-0.15, -0.1) is 6.58 Å². The number of carbonyl (C=O) groups excluding carboxylic acids is 4. The molecular weight excluding hydrogens is 718 g/mol. The maximum absolute atomic E-state index is 14.3. The quantitative estimate of drug-likeness (QED) is 0.192. The van der Waals surface area contributed by atoms with E-state index >= 15 is 0 Å². The van der Waals surface area contributed by atoms with Crippen molar-refractivity contribution in [2.24, 2.45) is 29.6 Å². The number of amides is 1. The van der Waals surface area contributed by atoms with Gasteiger partial charge in [-0.3, -0.25) is 14.4 Å². The predicted octanol–water partition coefficient (Wildman–Crippen LogP) is 5.44. The zero-order valence-electron chi connectivity index (χ0n) is 34.8. The molecule has 12 nitrogen and oxygen atoms in total. The van der Waals surface area contributed by atoms with Crippen molar-refractivity contribution < 1.29 is 53.1 Å². The standard InChI is InChI=1S/C44H67NO11/c1-10-13-32-21-26(2)20-27(3)22-37(53-8)40-38(54-9)24-30(6)44(51,56-40)41(48)42(49)45-19-12-11-14-33(45)43(50)55-39(28(4)15-17-34(32)46)29(5)23-31-16-18-35(47)36(25-31)52-7/h10,15,17,21,23,27-28,30-33,35-40,47,51H,1,11-14,16,18-20,22,24-25H2,2-9H3. The molecule has 0 aromatic rings. The van der Waals surface area contributed by atoms with Gasteiger partial charge < -0.3 is 38.8 Å². The van der Waals surface area contributed by atoms with Crippen molar-refractivity contribution in [1.82, 2.24) is 4.90 Å². The second-order valence-electron chi connectivity index (χ2n) is 16.8. The van der Waals surface area contributed by atoms with Gasteiger partial charge in [0.1, 0.15) is 18.2 Å². The molecule has 3 aliphatic heterocycles. The number of fused-ring (bicyclic) bond motifs is 3. The van der Waals surface area contributed by atoms with Gasteiger partial charge in [0.2, 0.25) is 5.79 Å². The molecule has 314 valence electrons. The van der Waals surface area contributed by atoms with Crippen molar-refractivity contribution in [3.05, 3.63) is 48.1 Å². The molecule has 4 aliphatic rings. The van der Waals surface area contributed by atoms with Crippen molar-refractivity contribution in [3.63, 3.8) is 0 Å². The minimum absolute atomic E-state index is 0.0469. The predicted molar refractivity (Wildman–Crippen MR) is 211 cm³/mol. The third-order valence-electron chi connectivity index (χ3n) is 12.4. The summed E-state index contributed by atoms with van der Waals surface area (Å²) in [4.78, 5) is 57.6. The number of allylic oxidation sites excluding steroid dienone is 5. The van der Waals surface area contributed by atoms with E-state index in [0.29, 0.717) is 44.9 Å². The molecule has 2 bridgehead atoms. The molecule has 0 aromatic carbocycles. The Morgan fingerprint density at radius 1 is 0.982 bits per heavy atom. The van der Waals surface area contributed by atoms with Crippen LogP contribution in [-0.4, -0.2) is 115 Å². The van der Waals surface area contributed by atoms with E-state index in [1.165, 1.54) is 19.1 Å². The Labute approximate surface area is 333 Å². The molecule has 1 saturated carbocycles. The van der Waals surface area contributed by atoms with E-state index in [-0.39, 0.29) is 43.1 Å². The van der Waals surface area contributed by atoms with Gasteiger partial charge in [-0.2, -0.15) is 0 Å². The third-order valence-corrected chi connectivity index (χ3v) is 12.4. The molecule has 3 heterocycles. The second-order valence-corrected chi connectivity index (χ2v) is 16.8. The van der Waals surface area contributed by atoms with Gasteiger partial charge in [0.15, 0.2) is 5.78 Å². The number of aliphatic hydroxyl groups is 2. The number of aliphatic hydroxyl groups excluding tert-OH is 1. The van der Waals surface area contributed by atoms with Crippen molar-refractivity contribution in [1.29, 1.82) is 0 Å². The Morgan fingerprint density at radius 2 is 1.66 bits per heavy atom. The minimum atomic E-state index is -2.48. The number of methoxy groups -OCH3 is 3. The zero-order chi connectivity index (χ0) is 41.3. The van der Waals surface area contributed by atoms with E-state index in [1.54, 1.807) is 32.3 Å². The first kappa shape index (κ1) is 45.7. The Balaban J connectivity index is 1.78. The van der Waals surface area contributed by atoms with Crippen LogP contribution in [0.15, 0.2) is 48.1 Å². The topological polar surface area (TPSA) is 158 Å². The normalized spacial score (nSPS) is 38.9. The molecule has 2 N–H and O–H groups in total. The molecule has 0 aromatic heterocycles. The van der Waals surface area contributed by atoms with E-state index < -0.39 is 77.8 Å². The Bertz CT molecular complexity index is 1490. The van der Waals surface area contributed by atoms with Crippen LogP contribution in [0.2, 0.25) is 0 Å². The van der Waals surface area contributed by atoms with Gasteiger partial charge in [0.05, 0.1) is 24.4 Å². The molecule has 12 heteroatoms. The van der Waals surface area contributed by atoms with Crippen LogP contribution in [0.3, 0.4) is 0 Å². The number of ketones is 2. The Hall–Kier alpha value is -3.00.